The first-order valence-corrected chi connectivity index (χ1v) is 10.9. The number of rotatable bonds is 4. The molecule has 1 amide bonds. The molecule has 1 N–H and O–H groups in total. The highest BCUT2D eigenvalue weighted by Gasteiger charge is 2.32. The smallest absolute Gasteiger partial charge is 0.251 e. The van der Waals surface area contributed by atoms with Crippen LogP contribution in [0.25, 0.3) is 0 Å². The first-order chi connectivity index (χ1) is 12.4. The Bertz CT molecular complexity index is 716. The Morgan fingerprint density at radius 3 is 2.19 bits per heavy atom. The summed E-state index contributed by atoms with van der Waals surface area (Å²) in [5.41, 5.74) is 0.498. The maximum Gasteiger partial charge on any atom is 0.251 e. The molecule has 1 saturated heterocycles. The van der Waals surface area contributed by atoms with Gasteiger partial charge in [0.15, 0.2) is 0 Å². The van der Waals surface area contributed by atoms with Crippen molar-refractivity contribution in [2.24, 2.45) is 0 Å². The molecule has 6 nitrogen and oxygen atoms in total. The van der Waals surface area contributed by atoms with Crippen LogP contribution < -0.4 is 5.32 Å². The summed E-state index contributed by atoms with van der Waals surface area (Å²) in [7, 11) is -3.58. The van der Waals surface area contributed by atoms with Gasteiger partial charge in [-0.15, -0.1) is 0 Å². The number of amides is 1. The lowest BCUT2D eigenvalue weighted by molar-refractivity contribution is -0.0440. The van der Waals surface area contributed by atoms with Crippen LogP contribution in [-0.4, -0.2) is 50.0 Å². The summed E-state index contributed by atoms with van der Waals surface area (Å²) in [4.78, 5) is 12.6. The van der Waals surface area contributed by atoms with Crippen molar-refractivity contribution in [3.8, 4) is 0 Å². The van der Waals surface area contributed by atoms with Gasteiger partial charge in [0.1, 0.15) is 0 Å². The molecule has 0 unspecified atom stereocenters. The van der Waals surface area contributed by atoms with Crippen LogP contribution in [0.3, 0.4) is 0 Å². The van der Waals surface area contributed by atoms with Crippen molar-refractivity contribution in [3.05, 3.63) is 29.8 Å². The van der Waals surface area contributed by atoms with Crippen LogP contribution >= 0.6 is 0 Å². The zero-order chi connectivity index (χ0) is 18.7. The van der Waals surface area contributed by atoms with E-state index >= 15 is 0 Å². The Morgan fingerprint density at radius 1 is 1.04 bits per heavy atom. The molecule has 2 atom stereocenters. The first kappa shape index (κ1) is 19.3. The maximum absolute atomic E-state index is 12.8. The van der Waals surface area contributed by atoms with E-state index in [-0.39, 0.29) is 29.1 Å². The Labute approximate surface area is 156 Å². The zero-order valence-electron chi connectivity index (χ0n) is 15.5. The lowest BCUT2D eigenvalue weighted by Crippen LogP contribution is -2.48. The minimum atomic E-state index is -3.58. The van der Waals surface area contributed by atoms with E-state index in [0.29, 0.717) is 18.7 Å². The fraction of sp³-hybridized carbons (Fsp3) is 0.632. The third-order valence-electron chi connectivity index (χ3n) is 5.08. The predicted molar refractivity (Wildman–Crippen MR) is 99.5 cm³/mol. The quantitative estimate of drug-likeness (QED) is 0.871. The first-order valence-electron chi connectivity index (χ1n) is 9.43. The molecular formula is C19H28N2O4S. The minimum absolute atomic E-state index is 0.130. The van der Waals surface area contributed by atoms with E-state index < -0.39 is 10.0 Å². The fourth-order valence-corrected chi connectivity index (χ4v) is 5.36. The van der Waals surface area contributed by atoms with E-state index in [1.165, 1.54) is 22.9 Å². The van der Waals surface area contributed by atoms with Gasteiger partial charge in [0.05, 0.1) is 17.1 Å². The molecule has 26 heavy (non-hydrogen) atoms. The molecule has 1 saturated carbocycles. The van der Waals surface area contributed by atoms with Crippen LogP contribution in [0.5, 0.6) is 0 Å². The molecule has 3 rings (SSSR count). The molecule has 0 bridgehead atoms. The second-order valence-corrected chi connectivity index (χ2v) is 9.35. The summed E-state index contributed by atoms with van der Waals surface area (Å²) in [6, 6.07) is 6.47. The van der Waals surface area contributed by atoms with Crippen molar-refractivity contribution in [2.45, 2.75) is 69.1 Å². The number of carbonyl (C=O) groups is 1. The summed E-state index contributed by atoms with van der Waals surface area (Å²) >= 11 is 0. The van der Waals surface area contributed by atoms with Gasteiger partial charge >= 0.3 is 0 Å². The number of ether oxygens (including phenoxy) is 1. The topological polar surface area (TPSA) is 75.7 Å². The van der Waals surface area contributed by atoms with Crippen LogP contribution in [-0.2, 0) is 14.8 Å². The van der Waals surface area contributed by atoms with Gasteiger partial charge in [-0.2, -0.15) is 4.31 Å². The van der Waals surface area contributed by atoms with Crippen LogP contribution in [0.1, 0.15) is 56.3 Å². The van der Waals surface area contributed by atoms with Crippen molar-refractivity contribution in [3.63, 3.8) is 0 Å². The molecule has 7 heteroatoms. The summed E-state index contributed by atoms with van der Waals surface area (Å²) in [6.45, 7) is 4.43. The van der Waals surface area contributed by atoms with E-state index in [2.05, 4.69) is 5.32 Å². The molecular weight excluding hydrogens is 352 g/mol. The third-order valence-corrected chi connectivity index (χ3v) is 6.93. The molecule has 0 radical (unpaired) electrons. The third kappa shape index (κ3) is 4.45. The average Bonchev–Trinajstić information content (AvgIpc) is 2.62. The minimum Gasteiger partial charge on any atom is -0.373 e. The molecule has 1 aliphatic heterocycles. The fourth-order valence-electron chi connectivity index (χ4n) is 3.77. The van der Waals surface area contributed by atoms with Crippen LogP contribution in [0, 0.1) is 0 Å². The van der Waals surface area contributed by atoms with Crippen LogP contribution in [0.4, 0.5) is 0 Å². The number of nitrogens with zero attached hydrogens (tertiary/aromatic N) is 1. The predicted octanol–water partition coefficient (Wildman–Crippen LogP) is 2.55. The highest BCUT2D eigenvalue weighted by Crippen LogP contribution is 2.22. The largest absolute Gasteiger partial charge is 0.373 e. The molecule has 1 aromatic carbocycles. The lowest BCUT2D eigenvalue weighted by Gasteiger charge is -2.34. The van der Waals surface area contributed by atoms with Crippen LogP contribution in [0.2, 0.25) is 0 Å². The Morgan fingerprint density at radius 2 is 1.62 bits per heavy atom. The van der Waals surface area contributed by atoms with Crippen LogP contribution in [0.15, 0.2) is 29.2 Å². The Balaban J connectivity index is 1.69. The van der Waals surface area contributed by atoms with Gasteiger partial charge < -0.3 is 10.1 Å². The lowest BCUT2D eigenvalue weighted by atomic mass is 9.95. The summed E-state index contributed by atoms with van der Waals surface area (Å²) in [6.07, 6.45) is 5.31. The van der Waals surface area contributed by atoms with Gasteiger partial charge in [0.2, 0.25) is 10.0 Å². The summed E-state index contributed by atoms with van der Waals surface area (Å²) in [5, 5.41) is 3.05. The number of morpholine rings is 1. The number of benzene rings is 1. The van der Waals surface area contributed by atoms with E-state index in [1.54, 1.807) is 12.1 Å². The number of hydrogen-bond acceptors (Lipinski definition) is 4. The molecule has 144 valence electrons. The molecule has 2 fully saturated rings. The SMILES string of the molecule is C[C@H]1CN(S(=O)(=O)c2ccc(C(=O)NC3CCCCC3)cc2)C[C@H](C)O1. The molecule has 1 aromatic rings. The van der Waals surface area contributed by atoms with Gasteiger partial charge in [-0.1, -0.05) is 19.3 Å². The van der Waals surface area contributed by atoms with E-state index in [4.69, 9.17) is 4.74 Å². The Hall–Kier alpha value is -1.44. The van der Waals surface area contributed by atoms with Crippen molar-refractivity contribution >= 4 is 15.9 Å². The molecule has 0 spiro atoms. The molecule has 1 heterocycles. The summed E-state index contributed by atoms with van der Waals surface area (Å²) in [5.74, 6) is -0.130. The van der Waals surface area contributed by atoms with Gasteiger partial charge in [0.25, 0.3) is 5.91 Å². The normalized spacial score (nSPS) is 25.8. The van der Waals surface area contributed by atoms with E-state index in [1.807, 2.05) is 13.8 Å². The molecule has 2 aliphatic rings. The molecule has 0 aromatic heterocycles. The zero-order valence-corrected chi connectivity index (χ0v) is 16.3. The number of sulfonamides is 1. The van der Waals surface area contributed by atoms with Gasteiger partial charge in [-0.3, -0.25) is 4.79 Å². The highest BCUT2D eigenvalue weighted by molar-refractivity contribution is 7.89. The van der Waals surface area contributed by atoms with Gasteiger partial charge in [0, 0.05) is 24.7 Å². The Kier molecular flexibility index (Phi) is 5.99. The highest BCUT2D eigenvalue weighted by atomic mass is 32.2. The van der Waals surface area contributed by atoms with E-state index in [0.717, 1.165) is 25.7 Å². The second kappa shape index (κ2) is 8.06. The van der Waals surface area contributed by atoms with Crippen molar-refractivity contribution in [1.82, 2.24) is 9.62 Å². The van der Waals surface area contributed by atoms with Gasteiger partial charge in [-0.05, 0) is 51.0 Å². The van der Waals surface area contributed by atoms with Crippen molar-refractivity contribution in [2.75, 3.05) is 13.1 Å². The molecule has 1 aliphatic carbocycles. The number of nitrogens with one attached hydrogen (secondary N) is 1. The van der Waals surface area contributed by atoms with Crippen molar-refractivity contribution in [1.29, 1.82) is 0 Å². The number of hydrogen-bond donors (Lipinski definition) is 1. The van der Waals surface area contributed by atoms with Gasteiger partial charge in [-0.25, -0.2) is 8.42 Å². The van der Waals surface area contributed by atoms with E-state index in [9.17, 15) is 13.2 Å². The standard InChI is InChI=1S/C19H28N2O4S/c1-14-12-21(13-15(2)25-14)26(23,24)18-10-8-16(9-11-18)19(22)20-17-6-4-3-5-7-17/h8-11,14-15,17H,3-7,12-13H2,1-2H3,(H,20,22)/t14-,15-/m0/s1. The average molecular weight is 381 g/mol. The van der Waals surface area contributed by atoms with Crippen molar-refractivity contribution < 1.29 is 17.9 Å². The second-order valence-electron chi connectivity index (χ2n) is 7.41. The number of carbonyl (C=O) groups excluding carboxylic acids is 1. The summed E-state index contributed by atoms with van der Waals surface area (Å²) < 4.78 is 32.8. The monoisotopic (exact) mass is 380 g/mol. The maximum atomic E-state index is 12.8.